The molecule has 1 aliphatic heterocycles. The van der Waals surface area contributed by atoms with Gasteiger partial charge in [-0.25, -0.2) is 0 Å². The molecule has 6 nitrogen and oxygen atoms in total. The number of aliphatic carboxylic acids is 1. The van der Waals surface area contributed by atoms with Gasteiger partial charge in [-0.2, -0.15) is 0 Å². The van der Waals surface area contributed by atoms with E-state index < -0.39 is 5.97 Å². The van der Waals surface area contributed by atoms with Crippen molar-refractivity contribution in [2.24, 2.45) is 11.8 Å². The van der Waals surface area contributed by atoms with Gasteiger partial charge in [-0.15, -0.1) is 0 Å². The summed E-state index contributed by atoms with van der Waals surface area (Å²) < 4.78 is 0. The largest absolute Gasteiger partial charge is 0.481 e. The van der Waals surface area contributed by atoms with Gasteiger partial charge in [-0.3, -0.25) is 14.4 Å². The summed E-state index contributed by atoms with van der Waals surface area (Å²) in [5, 5.41) is 14.6. The number of hydrogen-bond acceptors (Lipinski definition) is 3. The predicted octanol–water partition coefficient (Wildman–Crippen LogP) is 0.272. The number of carbonyl (C=O) groups excluding carboxylic acids is 2. The first kappa shape index (κ1) is 13.8. The summed E-state index contributed by atoms with van der Waals surface area (Å²) in [6, 6.07) is 0.0161. The van der Waals surface area contributed by atoms with Crippen LogP contribution in [0.25, 0.3) is 0 Å². The summed E-state index contributed by atoms with van der Waals surface area (Å²) >= 11 is 0. The van der Waals surface area contributed by atoms with Crippen molar-refractivity contribution in [1.29, 1.82) is 0 Å². The van der Waals surface area contributed by atoms with Crippen LogP contribution >= 0.6 is 0 Å². The van der Waals surface area contributed by atoms with Crippen molar-refractivity contribution >= 4 is 17.8 Å². The second kappa shape index (κ2) is 6.04. The molecule has 1 heterocycles. The Morgan fingerprint density at radius 3 is 2.26 bits per heavy atom. The number of nitrogens with one attached hydrogen (secondary N) is 2. The zero-order valence-electron chi connectivity index (χ0n) is 10.9. The second-order valence-electron chi connectivity index (χ2n) is 5.44. The molecule has 1 saturated heterocycles. The van der Waals surface area contributed by atoms with E-state index in [1.807, 2.05) is 0 Å². The van der Waals surface area contributed by atoms with Crippen molar-refractivity contribution in [3.63, 3.8) is 0 Å². The van der Waals surface area contributed by atoms with Gasteiger partial charge in [-0.05, 0) is 32.1 Å². The smallest absolute Gasteiger partial charge is 0.306 e. The Morgan fingerprint density at radius 1 is 1.11 bits per heavy atom. The fourth-order valence-electron chi connectivity index (χ4n) is 2.78. The summed E-state index contributed by atoms with van der Waals surface area (Å²) in [6.07, 6.45) is 3.58. The first-order chi connectivity index (χ1) is 9.06. The average molecular weight is 268 g/mol. The molecule has 2 rings (SSSR count). The van der Waals surface area contributed by atoms with E-state index in [1.165, 1.54) is 0 Å². The molecule has 6 heteroatoms. The van der Waals surface area contributed by atoms with Gasteiger partial charge < -0.3 is 15.7 Å². The molecule has 0 bridgehead atoms. The Morgan fingerprint density at radius 2 is 1.74 bits per heavy atom. The van der Waals surface area contributed by atoms with Crippen molar-refractivity contribution in [1.82, 2.24) is 10.6 Å². The number of amides is 2. The van der Waals surface area contributed by atoms with Crippen molar-refractivity contribution in [3.8, 4) is 0 Å². The van der Waals surface area contributed by atoms with Crippen LogP contribution in [-0.2, 0) is 14.4 Å². The van der Waals surface area contributed by atoms with Crippen LogP contribution in [0.4, 0.5) is 0 Å². The molecule has 19 heavy (non-hydrogen) atoms. The van der Waals surface area contributed by atoms with Crippen molar-refractivity contribution in [2.75, 3.05) is 6.54 Å². The second-order valence-corrected chi connectivity index (χ2v) is 5.44. The van der Waals surface area contributed by atoms with Crippen LogP contribution in [0.1, 0.15) is 38.5 Å². The SMILES string of the molecule is O=C1CCC(NC(=O)C2CCC(C(=O)O)CC2)CN1. The molecule has 0 aromatic rings. The molecule has 106 valence electrons. The van der Waals surface area contributed by atoms with E-state index in [1.54, 1.807) is 0 Å². The van der Waals surface area contributed by atoms with E-state index >= 15 is 0 Å². The average Bonchev–Trinajstić information content (AvgIpc) is 2.41. The van der Waals surface area contributed by atoms with Crippen LogP contribution in [0.3, 0.4) is 0 Å². The standard InChI is InChI=1S/C13H20N2O4/c16-11-6-5-10(7-14-11)15-12(17)8-1-3-9(4-2-8)13(18)19/h8-10H,1-7H2,(H,14,16)(H,15,17)(H,18,19). The summed E-state index contributed by atoms with van der Waals surface area (Å²) in [7, 11) is 0. The highest BCUT2D eigenvalue weighted by molar-refractivity contribution is 5.81. The first-order valence-corrected chi connectivity index (χ1v) is 6.86. The van der Waals surface area contributed by atoms with Crippen LogP contribution in [0, 0.1) is 11.8 Å². The fraction of sp³-hybridized carbons (Fsp3) is 0.769. The quantitative estimate of drug-likeness (QED) is 0.684. The molecule has 3 N–H and O–H groups in total. The number of rotatable bonds is 3. The molecule has 2 amide bonds. The molecule has 0 radical (unpaired) electrons. The molecule has 1 aliphatic carbocycles. The van der Waals surface area contributed by atoms with Gasteiger partial charge in [-0.1, -0.05) is 0 Å². The molecular weight excluding hydrogens is 248 g/mol. The third-order valence-electron chi connectivity index (χ3n) is 4.06. The van der Waals surface area contributed by atoms with Crippen LogP contribution in [0.2, 0.25) is 0 Å². The van der Waals surface area contributed by atoms with Gasteiger partial charge in [0, 0.05) is 24.9 Å². The molecule has 1 unspecified atom stereocenters. The zero-order valence-corrected chi connectivity index (χ0v) is 10.9. The summed E-state index contributed by atoms with van der Waals surface area (Å²) in [6.45, 7) is 0.495. The van der Waals surface area contributed by atoms with Crippen molar-refractivity contribution in [2.45, 2.75) is 44.6 Å². The Bertz CT molecular complexity index is 365. The summed E-state index contributed by atoms with van der Waals surface area (Å²) in [5.41, 5.74) is 0. The highest BCUT2D eigenvalue weighted by Gasteiger charge is 2.31. The zero-order chi connectivity index (χ0) is 13.8. The molecule has 0 aromatic carbocycles. The number of hydrogen-bond donors (Lipinski definition) is 3. The summed E-state index contributed by atoms with van der Waals surface area (Å²) in [5.74, 6) is -1.09. The maximum atomic E-state index is 12.1. The van der Waals surface area contributed by atoms with Gasteiger partial charge in [0.15, 0.2) is 0 Å². The van der Waals surface area contributed by atoms with Gasteiger partial charge >= 0.3 is 5.97 Å². The first-order valence-electron chi connectivity index (χ1n) is 6.86. The maximum Gasteiger partial charge on any atom is 0.306 e. The molecule has 0 spiro atoms. The summed E-state index contributed by atoms with van der Waals surface area (Å²) in [4.78, 5) is 33.9. The molecule has 1 atom stereocenters. The van der Waals surface area contributed by atoms with Crippen LogP contribution in [-0.4, -0.2) is 35.5 Å². The third-order valence-corrected chi connectivity index (χ3v) is 4.06. The lowest BCUT2D eigenvalue weighted by Gasteiger charge is -2.29. The minimum absolute atomic E-state index is 0.00462. The maximum absolute atomic E-state index is 12.1. The lowest BCUT2D eigenvalue weighted by molar-refractivity contribution is -0.144. The van der Waals surface area contributed by atoms with Gasteiger partial charge in [0.2, 0.25) is 11.8 Å². The van der Waals surface area contributed by atoms with Crippen LogP contribution in [0.15, 0.2) is 0 Å². The molecule has 1 saturated carbocycles. The van der Waals surface area contributed by atoms with Crippen molar-refractivity contribution < 1.29 is 19.5 Å². The van der Waals surface area contributed by atoms with Gasteiger partial charge in [0.25, 0.3) is 0 Å². The molecule has 2 aliphatic rings. The monoisotopic (exact) mass is 268 g/mol. The minimum Gasteiger partial charge on any atom is -0.481 e. The van der Waals surface area contributed by atoms with E-state index in [4.69, 9.17) is 5.11 Å². The molecule has 2 fully saturated rings. The predicted molar refractivity (Wildman–Crippen MR) is 67.3 cm³/mol. The van der Waals surface area contributed by atoms with E-state index in [-0.39, 0.29) is 29.7 Å². The Labute approximate surface area is 111 Å². The number of piperidine rings is 1. The van der Waals surface area contributed by atoms with Gasteiger partial charge in [0.05, 0.1) is 5.92 Å². The number of carboxylic acids is 1. The van der Waals surface area contributed by atoms with E-state index in [9.17, 15) is 14.4 Å². The van der Waals surface area contributed by atoms with E-state index in [2.05, 4.69) is 10.6 Å². The van der Waals surface area contributed by atoms with Crippen LogP contribution in [0.5, 0.6) is 0 Å². The number of carbonyl (C=O) groups is 3. The lowest BCUT2D eigenvalue weighted by Crippen LogP contribution is -2.49. The Kier molecular flexibility index (Phi) is 4.39. The molecular formula is C13H20N2O4. The van der Waals surface area contributed by atoms with Crippen LogP contribution < -0.4 is 10.6 Å². The highest BCUT2D eigenvalue weighted by Crippen LogP contribution is 2.29. The van der Waals surface area contributed by atoms with E-state index in [0.717, 1.165) is 0 Å². The topological polar surface area (TPSA) is 95.5 Å². The normalized spacial score (nSPS) is 31.4. The third kappa shape index (κ3) is 3.68. The van der Waals surface area contributed by atoms with Gasteiger partial charge in [0.1, 0.15) is 0 Å². The van der Waals surface area contributed by atoms with Crippen molar-refractivity contribution in [3.05, 3.63) is 0 Å². The lowest BCUT2D eigenvalue weighted by atomic mass is 9.81. The van der Waals surface area contributed by atoms with E-state index in [0.29, 0.717) is 45.1 Å². The minimum atomic E-state index is -0.756. The Balaban J connectivity index is 1.75. The highest BCUT2D eigenvalue weighted by atomic mass is 16.4. The Hall–Kier alpha value is -1.59. The molecule has 0 aromatic heterocycles. The fourth-order valence-corrected chi connectivity index (χ4v) is 2.78. The number of carboxylic acid groups (broad SMARTS) is 1.